The van der Waals surface area contributed by atoms with Gasteiger partial charge in [-0.2, -0.15) is 0 Å². The second kappa shape index (κ2) is 6.12. The minimum absolute atomic E-state index is 0.336. The maximum atomic E-state index is 13.4. The highest BCUT2D eigenvalue weighted by Gasteiger charge is 2.14. The van der Waals surface area contributed by atoms with Crippen LogP contribution in [0.15, 0.2) is 46.9 Å². The van der Waals surface area contributed by atoms with Gasteiger partial charge in [-0.05, 0) is 67.8 Å². The van der Waals surface area contributed by atoms with E-state index in [0.29, 0.717) is 16.5 Å². The first-order valence-corrected chi connectivity index (χ1v) is 7.31. The van der Waals surface area contributed by atoms with Gasteiger partial charge in [-0.1, -0.05) is 24.3 Å². The highest BCUT2D eigenvalue weighted by atomic mass is 127. The topological polar surface area (TPSA) is 20.2 Å². The Bertz CT molecular complexity index is 542. The SMILES string of the molecule is OC(Cc1ccc(I)cc1)c1cccc(F)c1Br. The van der Waals surface area contributed by atoms with Crippen LogP contribution in [0.4, 0.5) is 4.39 Å². The summed E-state index contributed by atoms with van der Waals surface area (Å²) >= 11 is 5.40. The van der Waals surface area contributed by atoms with Gasteiger partial charge in [0.1, 0.15) is 5.82 Å². The third kappa shape index (κ3) is 3.30. The Labute approximate surface area is 127 Å². The molecule has 0 radical (unpaired) electrons. The molecule has 1 nitrogen and oxygen atoms in total. The molecular weight excluding hydrogens is 410 g/mol. The summed E-state index contributed by atoms with van der Waals surface area (Å²) < 4.78 is 14.9. The van der Waals surface area contributed by atoms with E-state index in [4.69, 9.17) is 0 Å². The van der Waals surface area contributed by atoms with Crippen LogP contribution < -0.4 is 0 Å². The summed E-state index contributed by atoms with van der Waals surface area (Å²) in [6, 6.07) is 12.6. The van der Waals surface area contributed by atoms with E-state index in [2.05, 4.69) is 38.5 Å². The fourth-order valence-electron chi connectivity index (χ4n) is 1.73. The third-order valence-corrected chi connectivity index (χ3v) is 4.24. The van der Waals surface area contributed by atoms with E-state index < -0.39 is 6.10 Å². The van der Waals surface area contributed by atoms with Crippen LogP contribution in [0, 0.1) is 9.39 Å². The average Bonchev–Trinajstić information content (AvgIpc) is 2.35. The highest BCUT2D eigenvalue weighted by molar-refractivity contribution is 14.1. The standard InChI is InChI=1S/C14H11BrFIO/c15-14-11(2-1-3-12(14)16)13(18)8-9-4-6-10(17)7-5-9/h1-7,13,18H,8H2. The lowest BCUT2D eigenvalue weighted by Crippen LogP contribution is -2.03. The van der Waals surface area contributed by atoms with Crippen molar-refractivity contribution in [2.24, 2.45) is 0 Å². The lowest BCUT2D eigenvalue weighted by molar-refractivity contribution is 0.177. The van der Waals surface area contributed by atoms with Crippen LogP contribution in [0.25, 0.3) is 0 Å². The molecule has 0 aliphatic heterocycles. The Morgan fingerprint density at radius 3 is 2.50 bits per heavy atom. The second-order valence-corrected chi connectivity index (χ2v) is 6.03. The van der Waals surface area contributed by atoms with Crippen LogP contribution in [-0.2, 0) is 6.42 Å². The van der Waals surface area contributed by atoms with Gasteiger partial charge in [-0.3, -0.25) is 0 Å². The lowest BCUT2D eigenvalue weighted by atomic mass is 10.0. The smallest absolute Gasteiger partial charge is 0.137 e. The van der Waals surface area contributed by atoms with E-state index in [1.54, 1.807) is 12.1 Å². The van der Waals surface area contributed by atoms with E-state index in [1.807, 2.05) is 24.3 Å². The molecule has 0 fully saturated rings. The maximum Gasteiger partial charge on any atom is 0.137 e. The number of benzene rings is 2. The number of aliphatic hydroxyl groups is 1. The predicted octanol–water partition coefficient (Wildman–Crippen LogP) is 4.47. The summed E-state index contributed by atoms with van der Waals surface area (Å²) in [6.07, 6.45) is -0.242. The monoisotopic (exact) mass is 420 g/mol. The molecule has 0 spiro atoms. The van der Waals surface area contributed by atoms with Crippen molar-refractivity contribution in [2.75, 3.05) is 0 Å². The normalized spacial score (nSPS) is 12.4. The van der Waals surface area contributed by atoms with Crippen molar-refractivity contribution in [1.29, 1.82) is 0 Å². The zero-order valence-corrected chi connectivity index (χ0v) is 13.2. The molecule has 18 heavy (non-hydrogen) atoms. The molecular formula is C14H11BrFIO. The van der Waals surface area contributed by atoms with Crippen molar-refractivity contribution < 1.29 is 9.50 Å². The molecule has 0 saturated carbocycles. The Balaban J connectivity index is 2.19. The zero-order valence-electron chi connectivity index (χ0n) is 9.41. The van der Waals surface area contributed by atoms with Crippen LogP contribution in [0.3, 0.4) is 0 Å². The molecule has 2 aromatic rings. The number of hydrogen-bond donors (Lipinski definition) is 1. The number of halogens is 3. The first-order valence-electron chi connectivity index (χ1n) is 5.44. The van der Waals surface area contributed by atoms with Crippen molar-refractivity contribution in [2.45, 2.75) is 12.5 Å². The Morgan fingerprint density at radius 1 is 1.17 bits per heavy atom. The lowest BCUT2D eigenvalue weighted by Gasteiger charge is -2.13. The molecule has 0 heterocycles. The molecule has 2 rings (SSSR count). The van der Waals surface area contributed by atoms with Crippen LogP contribution in [-0.4, -0.2) is 5.11 Å². The molecule has 94 valence electrons. The van der Waals surface area contributed by atoms with E-state index in [0.717, 1.165) is 9.13 Å². The maximum absolute atomic E-state index is 13.4. The molecule has 1 N–H and O–H groups in total. The molecule has 0 aliphatic carbocycles. The number of aliphatic hydroxyl groups excluding tert-OH is 1. The summed E-state index contributed by atoms with van der Waals surface area (Å²) in [5, 5.41) is 10.1. The molecule has 4 heteroatoms. The number of rotatable bonds is 3. The van der Waals surface area contributed by atoms with Crippen LogP contribution in [0.2, 0.25) is 0 Å². The van der Waals surface area contributed by atoms with Gasteiger partial charge < -0.3 is 5.11 Å². The fourth-order valence-corrected chi connectivity index (χ4v) is 2.62. The summed E-state index contributed by atoms with van der Waals surface area (Å²) in [7, 11) is 0. The van der Waals surface area contributed by atoms with Crippen LogP contribution in [0.5, 0.6) is 0 Å². The summed E-state index contributed by atoms with van der Waals surface area (Å²) in [6.45, 7) is 0. The first kappa shape index (κ1) is 14.0. The predicted molar refractivity (Wildman–Crippen MR) is 81.9 cm³/mol. The van der Waals surface area contributed by atoms with E-state index in [9.17, 15) is 9.50 Å². The summed E-state index contributed by atoms with van der Waals surface area (Å²) in [4.78, 5) is 0. The Morgan fingerprint density at radius 2 is 1.83 bits per heavy atom. The average molecular weight is 421 g/mol. The molecule has 0 saturated heterocycles. The van der Waals surface area contributed by atoms with Gasteiger partial charge in [0, 0.05) is 9.99 Å². The van der Waals surface area contributed by atoms with Crippen LogP contribution >= 0.6 is 38.5 Å². The number of hydrogen-bond acceptors (Lipinski definition) is 1. The van der Waals surface area contributed by atoms with Gasteiger partial charge in [0.05, 0.1) is 10.6 Å². The van der Waals surface area contributed by atoms with Crippen molar-refractivity contribution in [3.8, 4) is 0 Å². The van der Waals surface area contributed by atoms with E-state index >= 15 is 0 Å². The van der Waals surface area contributed by atoms with Crippen molar-refractivity contribution in [3.63, 3.8) is 0 Å². The summed E-state index contributed by atoms with van der Waals surface area (Å²) in [5.74, 6) is -0.353. The van der Waals surface area contributed by atoms with Crippen molar-refractivity contribution >= 4 is 38.5 Å². The van der Waals surface area contributed by atoms with Gasteiger partial charge >= 0.3 is 0 Å². The molecule has 2 aromatic carbocycles. The van der Waals surface area contributed by atoms with Gasteiger partial charge in [-0.25, -0.2) is 4.39 Å². The van der Waals surface area contributed by atoms with Crippen molar-refractivity contribution in [1.82, 2.24) is 0 Å². The Kier molecular flexibility index (Phi) is 4.75. The van der Waals surface area contributed by atoms with E-state index in [1.165, 1.54) is 6.07 Å². The molecule has 0 amide bonds. The zero-order chi connectivity index (χ0) is 13.1. The highest BCUT2D eigenvalue weighted by Crippen LogP contribution is 2.28. The van der Waals surface area contributed by atoms with Gasteiger partial charge in [0.15, 0.2) is 0 Å². The van der Waals surface area contributed by atoms with Gasteiger partial charge in [0.2, 0.25) is 0 Å². The largest absolute Gasteiger partial charge is 0.388 e. The van der Waals surface area contributed by atoms with Gasteiger partial charge in [-0.15, -0.1) is 0 Å². The first-order chi connectivity index (χ1) is 8.58. The summed E-state index contributed by atoms with van der Waals surface area (Å²) in [5.41, 5.74) is 1.60. The third-order valence-electron chi connectivity index (χ3n) is 2.68. The molecule has 0 aromatic heterocycles. The van der Waals surface area contributed by atoms with Gasteiger partial charge in [0.25, 0.3) is 0 Å². The van der Waals surface area contributed by atoms with E-state index in [-0.39, 0.29) is 5.82 Å². The molecule has 0 aliphatic rings. The second-order valence-electron chi connectivity index (χ2n) is 3.99. The van der Waals surface area contributed by atoms with Crippen molar-refractivity contribution in [3.05, 3.63) is 67.5 Å². The molecule has 1 atom stereocenters. The fraction of sp³-hybridized carbons (Fsp3) is 0.143. The minimum atomic E-state index is -0.713. The molecule has 0 bridgehead atoms. The van der Waals surface area contributed by atoms with Crippen LogP contribution in [0.1, 0.15) is 17.2 Å². The minimum Gasteiger partial charge on any atom is -0.388 e. The quantitative estimate of drug-likeness (QED) is 0.726. The molecule has 1 unspecified atom stereocenters. The Hall–Kier alpha value is -0.460.